The molecule has 3 heterocycles. The van der Waals surface area contributed by atoms with Gasteiger partial charge in [-0.1, -0.05) is 41.7 Å². The number of anilines is 1. The number of fused-ring (bicyclic) bond motifs is 1. The predicted molar refractivity (Wildman–Crippen MR) is 110 cm³/mol. The molecule has 1 aliphatic rings. The second kappa shape index (κ2) is 8.06. The standard InChI is InChI=1S/C21H21N3O3S/c1-14(25)13-27-20(26)16-12-17(15-8-4-2-5-9-15)22-19-18(16)28-21(23-19)24-10-6-3-7-11-24/h2,4-5,8-9,12H,3,6-7,10-11,13H2,1H3. The van der Waals surface area contributed by atoms with Crippen molar-refractivity contribution in [1.29, 1.82) is 0 Å². The number of nitrogens with zero attached hydrogens (tertiary/aromatic N) is 3. The van der Waals surface area contributed by atoms with Gasteiger partial charge in [0.25, 0.3) is 0 Å². The summed E-state index contributed by atoms with van der Waals surface area (Å²) in [5.74, 6) is -0.714. The van der Waals surface area contributed by atoms with E-state index in [1.807, 2.05) is 30.3 Å². The first-order valence-electron chi connectivity index (χ1n) is 9.40. The molecule has 3 aromatic rings. The number of aromatic nitrogens is 2. The lowest BCUT2D eigenvalue weighted by atomic mass is 10.1. The SMILES string of the molecule is CC(=O)COC(=O)c1cc(-c2ccccc2)nc2nc(N3CCCCC3)sc12. The van der Waals surface area contributed by atoms with Crippen molar-refractivity contribution in [1.82, 2.24) is 9.97 Å². The van der Waals surface area contributed by atoms with Gasteiger partial charge >= 0.3 is 5.97 Å². The van der Waals surface area contributed by atoms with Crippen molar-refractivity contribution < 1.29 is 14.3 Å². The monoisotopic (exact) mass is 395 g/mol. The van der Waals surface area contributed by atoms with E-state index in [1.165, 1.54) is 24.7 Å². The van der Waals surface area contributed by atoms with Gasteiger partial charge in [-0.3, -0.25) is 4.79 Å². The number of ketones is 1. The highest BCUT2D eigenvalue weighted by Gasteiger charge is 2.22. The summed E-state index contributed by atoms with van der Waals surface area (Å²) >= 11 is 1.46. The van der Waals surface area contributed by atoms with Crippen LogP contribution in [0.1, 0.15) is 36.5 Å². The van der Waals surface area contributed by atoms with Crippen molar-refractivity contribution in [2.45, 2.75) is 26.2 Å². The topological polar surface area (TPSA) is 72.4 Å². The Kier molecular flexibility index (Phi) is 5.34. The Morgan fingerprint density at radius 2 is 1.86 bits per heavy atom. The quantitative estimate of drug-likeness (QED) is 0.606. The Balaban J connectivity index is 1.79. The fourth-order valence-corrected chi connectivity index (χ4v) is 4.34. The Morgan fingerprint density at radius 1 is 1.11 bits per heavy atom. The third-order valence-corrected chi connectivity index (χ3v) is 5.81. The molecule has 7 heteroatoms. The first-order valence-corrected chi connectivity index (χ1v) is 10.2. The van der Waals surface area contributed by atoms with Crippen molar-refractivity contribution in [3.05, 3.63) is 42.0 Å². The molecule has 0 radical (unpaired) electrons. The second-order valence-electron chi connectivity index (χ2n) is 6.90. The zero-order valence-corrected chi connectivity index (χ0v) is 16.5. The van der Waals surface area contributed by atoms with Gasteiger partial charge in [0.2, 0.25) is 0 Å². The highest BCUT2D eigenvalue weighted by atomic mass is 32.1. The van der Waals surface area contributed by atoms with E-state index in [0.29, 0.717) is 21.6 Å². The van der Waals surface area contributed by atoms with Crippen molar-refractivity contribution >= 4 is 38.6 Å². The first-order chi connectivity index (χ1) is 13.6. The molecule has 1 fully saturated rings. The van der Waals surface area contributed by atoms with Gasteiger partial charge < -0.3 is 9.64 Å². The Morgan fingerprint density at radius 3 is 2.57 bits per heavy atom. The molecule has 0 amide bonds. The van der Waals surface area contributed by atoms with E-state index >= 15 is 0 Å². The lowest BCUT2D eigenvalue weighted by Gasteiger charge is -2.25. The second-order valence-corrected chi connectivity index (χ2v) is 7.87. The van der Waals surface area contributed by atoms with Crippen LogP contribution in [0.25, 0.3) is 21.6 Å². The Hall–Kier alpha value is -2.80. The average Bonchev–Trinajstić information content (AvgIpc) is 3.17. The van der Waals surface area contributed by atoms with Gasteiger partial charge in [-0.25, -0.2) is 9.78 Å². The van der Waals surface area contributed by atoms with Crippen LogP contribution in [0.15, 0.2) is 36.4 Å². The molecule has 0 atom stereocenters. The number of hydrogen-bond acceptors (Lipinski definition) is 7. The molecule has 1 aliphatic heterocycles. The molecular formula is C21H21N3O3S. The number of pyridine rings is 1. The Labute approximate surface area is 167 Å². The molecule has 0 spiro atoms. The summed E-state index contributed by atoms with van der Waals surface area (Å²) in [7, 11) is 0. The van der Waals surface area contributed by atoms with Crippen LogP contribution in [0.4, 0.5) is 5.13 Å². The van der Waals surface area contributed by atoms with Gasteiger partial charge in [-0.2, -0.15) is 4.98 Å². The van der Waals surface area contributed by atoms with Crippen LogP contribution in [0.2, 0.25) is 0 Å². The summed E-state index contributed by atoms with van der Waals surface area (Å²) in [6.07, 6.45) is 3.53. The van der Waals surface area contributed by atoms with Crippen LogP contribution in [-0.4, -0.2) is 41.4 Å². The van der Waals surface area contributed by atoms with Crippen LogP contribution < -0.4 is 4.90 Å². The highest BCUT2D eigenvalue weighted by Crippen LogP contribution is 2.34. The average molecular weight is 395 g/mol. The maximum Gasteiger partial charge on any atom is 0.340 e. The zero-order chi connectivity index (χ0) is 19.5. The maximum atomic E-state index is 12.7. The fourth-order valence-electron chi connectivity index (χ4n) is 3.27. The molecule has 0 saturated carbocycles. The van der Waals surface area contributed by atoms with Crippen LogP contribution in [-0.2, 0) is 9.53 Å². The molecule has 0 N–H and O–H groups in total. The van der Waals surface area contributed by atoms with Crippen molar-refractivity contribution in [3.8, 4) is 11.3 Å². The number of thiazole rings is 1. The molecule has 1 aromatic carbocycles. The number of rotatable bonds is 5. The van der Waals surface area contributed by atoms with E-state index in [2.05, 4.69) is 4.90 Å². The molecule has 0 unspecified atom stereocenters. The summed E-state index contributed by atoms with van der Waals surface area (Å²) in [6.45, 7) is 3.10. The van der Waals surface area contributed by atoms with E-state index < -0.39 is 5.97 Å². The number of Topliss-reactive ketones (excluding diaryl/α,β-unsaturated/α-hetero) is 1. The lowest BCUT2D eigenvalue weighted by Crippen LogP contribution is -2.29. The van der Waals surface area contributed by atoms with Crippen LogP contribution in [0, 0.1) is 0 Å². The summed E-state index contributed by atoms with van der Waals surface area (Å²) < 4.78 is 5.89. The summed E-state index contributed by atoms with van der Waals surface area (Å²) in [6, 6.07) is 11.4. The minimum absolute atomic E-state index is 0.194. The van der Waals surface area contributed by atoms with E-state index in [0.717, 1.165) is 36.6 Å². The van der Waals surface area contributed by atoms with E-state index in [9.17, 15) is 9.59 Å². The lowest BCUT2D eigenvalue weighted by molar-refractivity contribution is -0.120. The van der Waals surface area contributed by atoms with Gasteiger partial charge in [-0.05, 0) is 32.3 Å². The number of carbonyl (C=O) groups is 2. The number of piperidine rings is 1. The molecule has 144 valence electrons. The van der Waals surface area contributed by atoms with Gasteiger partial charge in [0, 0.05) is 18.7 Å². The molecule has 0 aliphatic carbocycles. The third kappa shape index (κ3) is 3.89. The predicted octanol–water partition coefficient (Wildman–Crippen LogP) is 4.09. The summed E-state index contributed by atoms with van der Waals surface area (Å²) in [5, 5.41) is 0.882. The number of carbonyl (C=O) groups excluding carboxylic acids is 2. The third-order valence-electron chi connectivity index (χ3n) is 4.67. The normalized spacial score (nSPS) is 14.2. The van der Waals surface area contributed by atoms with Gasteiger partial charge in [0.1, 0.15) is 6.61 Å². The molecular weight excluding hydrogens is 374 g/mol. The molecule has 28 heavy (non-hydrogen) atoms. The van der Waals surface area contributed by atoms with Gasteiger partial charge in [0.05, 0.1) is 16.0 Å². The smallest absolute Gasteiger partial charge is 0.340 e. The van der Waals surface area contributed by atoms with E-state index in [4.69, 9.17) is 14.7 Å². The van der Waals surface area contributed by atoms with Crippen LogP contribution in [0.5, 0.6) is 0 Å². The van der Waals surface area contributed by atoms with Gasteiger partial charge in [-0.15, -0.1) is 0 Å². The van der Waals surface area contributed by atoms with E-state index in [-0.39, 0.29) is 12.4 Å². The molecule has 6 nitrogen and oxygen atoms in total. The minimum atomic E-state index is -0.520. The van der Waals surface area contributed by atoms with Crippen LogP contribution in [0.3, 0.4) is 0 Å². The van der Waals surface area contributed by atoms with Crippen LogP contribution >= 0.6 is 11.3 Å². The fraction of sp³-hybridized carbons (Fsp3) is 0.333. The largest absolute Gasteiger partial charge is 0.454 e. The number of hydrogen-bond donors (Lipinski definition) is 0. The van der Waals surface area contributed by atoms with Gasteiger partial charge in [0.15, 0.2) is 16.6 Å². The van der Waals surface area contributed by atoms with Crippen molar-refractivity contribution in [3.63, 3.8) is 0 Å². The maximum absolute atomic E-state index is 12.7. The Bertz CT molecular complexity index is 1010. The molecule has 4 rings (SSSR count). The highest BCUT2D eigenvalue weighted by molar-refractivity contribution is 7.22. The summed E-state index contributed by atoms with van der Waals surface area (Å²) in [5.41, 5.74) is 2.52. The minimum Gasteiger partial charge on any atom is -0.454 e. The number of esters is 1. The molecule has 2 aromatic heterocycles. The zero-order valence-electron chi connectivity index (χ0n) is 15.7. The molecule has 1 saturated heterocycles. The first kappa shape index (κ1) is 18.6. The summed E-state index contributed by atoms with van der Waals surface area (Å²) in [4.78, 5) is 35.6. The van der Waals surface area contributed by atoms with E-state index in [1.54, 1.807) is 6.07 Å². The number of benzene rings is 1. The number of ether oxygens (including phenoxy) is 1. The van der Waals surface area contributed by atoms with Crippen molar-refractivity contribution in [2.24, 2.45) is 0 Å². The molecule has 0 bridgehead atoms. The van der Waals surface area contributed by atoms with Crippen molar-refractivity contribution in [2.75, 3.05) is 24.6 Å².